The zero-order valence-electron chi connectivity index (χ0n) is 12.9. The molecule has 1 aromatic carbocycles. The Morgan fingerprint density at radius 1 is 1.12 bits per heavy atom. The predicted octanol–water partition coefficient (Wildman–Crippen LogP) is 1.77. The van der Waals surface area contributed by atoms with Crippen LogP contribution in [-0.2, 0) is 4.79 Å². The summed E-state index contributed by atoms with van der Waals surface area (Å²) in [4.78, 5) is 35.4. The lowest BCUT2D eigenvalue weighted by Gasteiger charge is -2.32. The van der Waals surface area contributed by atoms with Crippen molar-refractivity contribution in [2.75, 3.05) is 36.4 Å². The second kappa shape index (κ2) is 7.39. The van der Waals surface area contributed by atoms with Gasteiger partial charge in [-0.1, -0.05) is 15.9 Å². The Balaban J connectivity index is 1.69. The van der Waals surface area contributed by atoms with Crippen molar-refractivity contribution in [3.8, 4) is 0 Å². The van der Waals surface area contributed by atoms with Crippen molar-refractivity contribution in [3.05, 3.63) is 46.7 Å². The van der Waals surface area contributed by atoms with Crippen LogP contribution in [0.5, 0.6) is 0 Å². The number of nitrogens with zero attached hydrogens (tertiary/aromatic N) is 4. The molecule has 2 heterocycles. The van der Waals surface area contributed by atoms with Crippen molar-refractivity contribution in [1.82, 2.24) is 14.9 Å². The number of amides is 2. The molecule has 8 heteroatoms. The van der Waals surface area contributed by atoms with Crippen molar-refractivity contribution in [1.29, 1.82) is 0 Å². The maximum Gasteiger partial charge on any atom is 0.274 e. The first-order valence-corrected chi connectivity index (χ1v) is 8.29. The van der Waals surface area contributed by atoms with Crippen molar-refractivity contribution in [3.63, 3.8) is 0 Å². The van der Waals surface area contributed by atoms with Crippen LogP contribution in [-0.4, -0.2) is 53.4 Å². The standard InChI is InChI=1S/C16H16BrN5O2/c17-12-1-3-13(4-2-12)19-15(24)14-5-6-18-16(20-14)22-9-7-21(11-23)8-10-22/h1-6,11H,7-10H2,(H,19,24). The molecule has 0 spiro atoms. The summed E-state index contributed by atoms with van der Waals surface area (Å²) in [5, 5.41) is 2.81. The molecule has 124 valence electrons. The average molecular weight is 390 g/mol. The summed E-state index contributed by atoms with van der Waals surface area (Å²) in [5.74, 6) is 0.219. The number of benzene rings is 1. The van der Waals surface area contributed by atoms with Gasteiger partial charge in [-0.05, 0) is 30.3 Å². The summed E-state index contributed by atoms with van der Waals surface area (Å²) in [6, 6.07) is 8.91. The topological polar surface area (TPSA) is 78.4 Å². The van der Waals surface area contributed by atoms with Gasteiger partial charge < -0.3 is 15.1 Å². The molecule has 1 aromatic heterocycles. The molecule has 0 unspecified atom stereocenters. The third-order valence-electron chi connectivity index (χ3n) is 3.72. The summed E-state index contributed by atoms with van der Waals surface area (Å²) >= 11 is 3.36. The van der Waals surface area contributed by atoms with E-state index in [1.165, 1.54) is 0 Å². The van der Waals surface area contributed by atoms with E-state index in [9.17, 15) is 9.59 Å². The van der Waals surface area contributed by atoms with Crippen LogP contribution in [0.25, 0.3) is 0 Å². The third kappa shape index (κ3) is 3.88. The van der Waals surface area contributed by atoms with Gasteiger partial charge in [0.2, 0.25) is 12.4 Å². The second-order valence-electron chi connectivity index (χ2n) is 5.33. The Bertz CT molecular complexity index is 730. The maximum absolute atomic E-state index is 12.3. The summed E-state index contributed by atoms with van der Waals surface area (Å²) in [6.45, 7) is 2.55. The van der Waals surface area contributed by atoms with Crippen LogP contribution >= 0.6 is 15.9 Å². The molecule has 7 nitrogen and oxygen atoms in total. The van der Waals surface area contributed by atoms with Gasteiger partial charge in [0, 0.05) is 42.5 Å². The van der Waals surface area contributed by atoms with Crippen LogP contribution in [0.1, 0.15) is 10.5 Å². The molecule has 2 aromatic rings. The highest BCUT2D eigenvalue weighted by molar-refractivity contribution is 9.10. The van der Waals surface area contributed by atoms with E-state index in [4.69, 9.17) is 0 Å². The quantitative estimate of drug-likeness (QED) is 0.806. The lowest BCUT2D eigenvalue weighted by Crippen LogP contribution is -2.46. The van der Waals surface area contributed by atoms with Gasteiger partial charge in [0.1, 0.15) is 5.69 Å². The minimum absolute atomic E-state index is 0.285. The predicted molar refractivity (Wildman–Crippen MR) is 94.0 cm³/mol. The molecule has 1 aliphatic heterocycles. The van der Waals surface area contributed by atoms with Crippen LogP contribution < -0.4 is 10.2 Å². The van der Waals surface area contributed by atoms with E-state index < -0.39 is 0 Å². The number of piperazine rings is 1. The molecule has 0 bridgehead atoms. The van der Waals surface area contributed by atoms with E-state index in [0.29, 0.717) is 43.5 Å². The van der Waals surface area contributed by atoms with Crippen LogP contribution in [0.4, 0.5) is 11.6 Å². The zero-order chi connectivity index (χ0) is 16.9. The first kappa shape index (κ1) is 16.4. The summed E-state index contributed by atoms with van der Waals surface area (Å²) in [6.07, 6.45) is 2.42. The molecular formula is C16H16BrN5O2. The highest BCUT2D eigenvalue weighted by atomic mass is 79.9. The van der Waals surface area contributed by atoms with Gasteiger partial charge in [-0.25, -0.2) is 9.97 Å². The molecule has 0 aliphatic carbocycles. The Hall–Kier alpha value is -2.48. The third-order valence-corrected chi connectivity index (χ3v) is 4.25. The van der Waals surface area contributed by atoms with E-state index in [1.54, 1.807) is 17.2 Å². The number of hydrogen-bond donors (Lipinski definition) is 1. The van der Waals surface area contributed by atoms with Gasteiger partial charge in [-0.2, -0.15) is 0 Å². The smallest absolute Gasteiger partial charge is 0.274 e. The van der Waals surface area contributed by atoms with Crippen molar-refractivity contribution in [2.24, 2.45) is 0 Å². The first-order valence-electron chi connectivity index (χ1n) is 7.50. The van der Waals surface area contributed by atoms with Crippen LogP contribution in [0, 0.1) is 0 Å². The monoisotopic (exact) mass is 389 g/mol. The number of nitrogens with one attached hydrogen (secondary N) is 1. The van der Waals surface area contributed by atoms with Gasteiger partial charge in [0.05, 0.1) is 0 Å². The number of carbonyl (C=O) groups excluding carboxylic acids is 2. The largest absolute Gasteiger partial charge is 0.342 e. The minimum Gasteiger partial charge on any atom is -0.342 e. The average Bonchev–Trinajstić information content (AvgIpc) is 2.64. The fourth-order valence-corrected chi connectivity index (χ4v) is 2.65. The SMILES string of the molecule is O=CN1CCN(c2nccc(C(=O)Nc3ccc(Br)cc3)n2)CC1. The Kier molecular flexibility index (Phi) is 5.05. The maximum atomic E-state index is 12.3. The molecular weight excluding hydrogens is 374 g/mol. The zero-order valence-corrected chi connectivity index (χ0v) is 14.4. The lowest BCUT2D eigenvalue weighted by molar-refractivity contribution is -0.118. The minimum atomic E-state index is -0.285. The normalized spacial score (nSPS) is 14.4. The van der Waals surface area contributed by atoms with Crippen molar-refractivity contribution < 1.29 is 9.59 Å². The van der Waals surface area contributed by atoms with E-state index in [1.807, 2.05) is 29.2 Å². The van der Waals surface area contributed by atoms with Gasteiger partial charge in [0.25, 0.3) is 5.91 Å². The number of carbonyl (C=O) groups is 2. The number of hydrogen-bond acceptors (Lipinski definition) is 5. The molecule has 1 fully saturated rings. The lowest BCUT2D eigenvalue weighted by atomic mass is 10.3. The van der Waals surface area contributed by atoms with Gasteiger partial charge in [-0.3, -0.25) is 9.59 Å². The Morgan fingerprint density at radius 3 is 2.50 bits per heavy atom. The molecule has 1 N–H and O–H groups in total. The summed E-state index contributed by atoms with van der Waals surface area (Å²) in [5.41, 5.74) is 1.00. The van der Waals surface area contributed by atoms with Crippen LogP contribution in [0.3, 0.4) is 0 Å². The fraction of sp³-hybridized carbons (Fsp3) is 0.250. The molecule has 1 saturated heterocycles. The van der Waals surface area contributed by atoms with Gasteiger partial charge in [-0.15, -0.1) is 0 Å². The van der Waals surface area contributed by atoms with Crippen molar-refractivity contribution >= 4 is 39.9 Å². The van der Waals surface area contributed by atoms with Gasteiger partial charge in [0.15, 0.2) is 0 Å². The molecule has 0 radical (unpaired) electrons. The van der Waals surface area contributed by atoms with E-state index in [2.05, 4.69) is 31.2 Å². The van der Waals surface area contributed by atoms with Crippen LogP contribution in [0.2, 0.25) is 0 Å². The van der Waals surface area contributed by atoms with E-state index >= 15 is 0 Å². The summed E-state index contributed by atoms with van der Waals surface area (Å²) < 4.78 is 0.944. The molecule has 1 aliphatic rings. The van der Waals surface area contributed by atoms with Crippen LogP contribution in [0.15, 0.2) is 41.0 Å². The second-order valence-corrected chi connectivity index (χ2v) is 6.25. The molecule has 0 saturated carbocycles. The number of halogens is 1. The van der Waals surface area contributed by atoms with E-state index in [-0.39, 0.29) is 5.91 Å². The number of anilines is 2. The molecule has 0 atom stereocenters. The Morgan fingerprint density at radius 2 is 1.83 bits per heavy atom. The highest BCUT2D eigenvalue weighted by Crippen LogP contribution is 2.16. The summed E-state index contributed by atoms with van der Waals surface area (Å²) in [7, 11) is 0. The van der Waals surface area contributed by atoms with E-state index in [0.717, 1.165) is 10.9 Å². The fourth-order valence-electron chi connectivity index (χ4n) is 2.38. The number of rotatable bonds is 4. The molecule has 24 heavy (non-hydrogen) atoms. The first-order chi connectivity index (χ1) is 11.7. The Labute approximate surface area is 147 Å². The molecule has 3 rings (SSSR count). The van der Waals surface area contributed by atoms with Crippen molar-refractivity contribution in [2.45, 2.75) is 0 Å². The highest BCUT2D eigenvalue weighted by Gasteiger charge is 2.19. The van der Waals surface area contributed by atoms with Gasteiger partial charge >= 0.3 is 0 Å². The molecule has 2 amide bonds. The number of aromatic nitrogens is 2.